The molecule has 0 aliphatic heterocycles. The molecule has 0 saturated heterocycles. The Morgan fingerprint density at radius 2 is 1.50 bits per heavy atom. The largest absolute Gasteiger partial charge is 0.399 e. The molecule has 0 aliphatic rings. The highest BCUT2D eigenvalue weighted by Crippen LogP contribution is 2.28. The van der Waals surface area contributed by atoms with Crippen LogP contribution >= 0.6 is 11.3 Å². The van der Waals surface area contributed by atoms with Crippen LogP contribution in [-0.2, 0) is 0 Å². The van der Waals surface area contributed by atoms with Gasteiger partial charge in [0.2, 0.25) is 5.96 Å². The summed E-state index contributed by atoms with van der Waals surface area (Å²) in [4.78, 5) is 5.59. The quantitative estimate of drug-likeness (QED) is 0.210. The summed E-state index contributed by atoms with van der Waals surface area (Å²) >= 11 is 1.55. The van der Waals surface area contributed by atoms with Crippen molar-refractivity contribution in [1.29, 1.82) is 0 Å². The Kier molecular flexibility index (Phi) is 5.72. The Morgan fingerprint density at radius 1 is 0.929 bits per heavy atom. The van der Waals surface area contributed by atoms with Crippen LogP contribution in [0.5, 0.6) is 0 Å². The Labute approximate surface area is 167 Å². The summed E-state index contributed by atoms with van der Waals surface area (Å²) in [6, 6.07) is 15.5. The van der Waals surface area contributed by atoms with Crippen molar-refractivity contribution in [2.75, 3.05) is 5.73 Å². The van der Waals surface area contributed by atoms with E-state index in [1.54, 1.807) is 11.3 Å². The number of anilines is 1. The maximum absolute atomic E-state index is 5.69. The van der Waals surface area contributed by atoms with Crippen LogP contribution in [0.2, 0.25) is 0 Å². The fourth-order valence-electron chi connectivity index (χ4n) is 2.44. The minimum Gasteiger partial charge on any atom is -0.399 e. The number of aromatic nitrogens is 1. The fraction of sp³-hybridized carbons (Fsp3) is 0.0952. The summed E-state index contributed by atoms with van der Waals surface area (Å²) in [5.74, 6) is 6.22. The smallest absolute Gasteiger partial charge is 0.211 e. The average molecular weight is 389 g/mol. The van der Waals surface area contributed by atoms with Gasteiger partial charge < -0.3 is 17.2 Å². The molecule has 0 radical (unpaired) electrons. The average Bonchev–Trinajstić information content (AvgIpc) is 3.08. The van der Waals surface area contributed by atoms with Gasteiger partial charge >= 0.3 is 0 Å². The summed E-state index contributed by atoms with van der Waals surface area (Å²) in [5.41, 5.74) is 21.6. The zero-order chi connectivity index (χ0) is 20.1. The fourth-order valence-corrected chi connectivity index (χ4v) is 3.45. The number of aryl methyl sites for hydroxylation is 1. The monoisotopic (exact) mass is 388 g/mol. The molecule has 6 nitrogen and oxygen atoms in total. The van der Waals surface area contributed by atoms with Crippen molar-refractivity contribution in [2.24, 2.45) is 21.7 Å². The molecule has 7 heteroatoms. The lowest BCUT2D eigenvalue weighted by Crippen LogP contribution is -2.22. The van der Waals surface area contributed by atoms with Crippen LogP contribution in [-0.4, -0.2) is 16.7 Å². The van der Waals surface area contributed by atoms with Crippen LogP contribution in [0.1, 0.15) is 28.6 Å². The van der Waals surface area contributed by atoms with Crippen molar-refractivity contribution in [3.63, 3.8) is 0 Å². The number of thiazole rings is 1. The maximum atomic E-state index is 5.69. The highest BCUT2D eigenvalue weighted by Gasteiger charge is 2.12. The molecule has 0 unspecified atom stereocenters. The molecule has 0 aliphatic carbocycles. The van der Waals surface area contributed by atoms with Crippen molar-refractivity contribution >= 4 is 28.7 Å². The lowest BCUT2D eigenvalue weighted by atomic mass is 10.1. The van der Waals surface area contributed by atoms with Crippen molar-refractivity contribution in [3.05, 3.63) is 70.2 Å². The third-order valence-electron chi connectivity index (χ3n) is 3.83. The van der Waals surface area contributed by atoms with Crippen LogP contribution in [0.3, 0.4) is 0 Å². The summed E-state index contributed by atoms with van der Waals surface area (Å²) in [6.07, 6.45) is 0. The number of nitrogen functional groups attached to an aromatic ring is 1. The molecular formula is C21H20N6S. The van der Waals surface area contributed by atoms with Gasteiger partial charge in [-0.25, -0.2) is 4.98 Å². The predicted octanol–water partition coefficient (Wildman–Crippen LogP) is 3.10. The van der Waals surface area contributed by atoms with Gasteiger partial charge in [-0.05, 0) is 50.2 Å². The second-order valence-electron chi connectivity index (χ2n) is 6.09. The van der Waals surface area contributed by atoms with Gasteiger partial charge in [-0.3, -0.25) is 0 Å². The lowest BCUT2D eigenvalue weighted by Gasteiger charge is -1.97. The van der Waals surface area contributed by atoms with Crippen LogP contribution in [0, 0.1) is 18.8 Å². The normalized spacial score (nSPS) is 10.9. The van der Waals surface area contributed by atoms with Crippen LogP contribution in [0.15, 0.2) is 58.7 Å². The van der Waals surface area contributed by atoms with E-state index in [2.05, 4.69) is 27.0 Å². The molecule has 0 saturated carbocycles. The highest BCUT2D eigenvalue weighted by atomic mass is 32.1. The molecule has 3 aromatic rings. The number of benzene rings is 2. The Hall–Kier alpha value is -3.63. The summed E-state index contributed by atoms with van der Waals surface area (Å²) in [5, 5.41) is 8.64. The lowest BCUT2D eigenvalue weighted by molar-refractivity contribution is 1.19. The minimum absolute atomic E-state index is 0.0718. The Balaban J connectivity index is 1.81. The molecule has 140 valence electrons. The minimum atomic E-state index is -0.0718. The van der Waals surface area contributed by atoms with E-state index in [0.29, 0.717) is 0 Å². The summed E-state index contributed by atoms with van der Waals surface area (Å²) in [6.45, 7) is 3.79. The molecule has 0 amide bonds. The second kappa shape index (κ2) is 8.37. The summed E-state index contributed by atoms with van der Waals surface area (Å²) in [7, 11) is 0. The van der Waals surface area contributed by atoms with E-state index in [0.717, 1.165) is 43.7 Å². The van der Waals surface area contributed by atoms with Crippen LogP contribution in [0.4, 0.5) is 5.69 Å². The molecule has 2 aromatic carbocycles. The Bertz CT molecular complexity index is 1090. The van der Waals surface area contributed by atoms with Crippen molar-refractivity contribution in [1.82, 2.24) is 4.98 Å². The van der Waals surface area contributed by atoms with E-state index in [9.17, 15) is 0 Å². The van der Waals surface area contributed by atoms with E-state index in [1.165, 1.54) is 0 Å². The molecule has 28 heavy (non-hydrogen) atoms. The van der Waals surface area contributed by atoms with E-state index >= 15 is 0 Å². The molecule has 0 fully saturated rings. The molecule has 6 N–H and O–H groups in total. The van der Waals surface area contributed by atoms with E-state index in [4.69, 9.17) is 17.2 Å². The van der Waals surface area contributed by atoms with Crippen molar-refractivity contribution < 1.29 is 0 Å². The van der Waals surface area contributed by atoms with Crippen LogP contribution in [0.25, 0.3) is 10.6 Å². The van der Waals surface area contributed by atoms with E-state index in [-0.39, 0.29) is 5.96 Å². The SMILES string of the molecule is C/C(=N\N=C(N)N)c1sc(-c2ccc(C#Cc3ccc(N)cc3)cc2)nc1C. The molecule has 1 aromatic heterocycles. The van der Waals surface area contributed by atoms with Gasteiger partial charge in [-0.15, -0.1) is 16.4 Å². The van der Waals surface area contributed by atoms with Gasteiger partial charge in [0.25, 0.3) is 0 Å². The zero-order valence-electron chi connectivity index (χ0n) is 15.6. The first kappa shape index (κ1) is 19.1. The molecule has 1 heterocycles. The van der Waals surface area contributed by atoms with E-state index < -0.39 is 0 Å². The highest BCUT2D eigenvalue weighted by molar-refractivity contribution is 7.17. The molecule has 3 rings (SSSR count). The first-order valence-electron chi connectivity index (χ1n) is 8.51. The first-order valence-corrected chi connectivity index (χ1v) is 9.33. The summed E-state index contributed by atoms with van der Waals surface area (Å²) < 4.78 is 0. The van der Waals surface area contributed by atoms with E-state index in [1.807, 2.05) is 62.4 Å². The third kappa shape index (κ3) is 4.75. The van der Waals surface area contributed by atoms with Gasteiger partial charge in [0.05, 0.1) is 16.3 Å². The molecule has 0 spiro atoms. The van der Waals surface area contributed by atoms with Gasteiger partial charge in [-0.1, -0.05) is 24.0 Å². The number of nitrogens with zero attached hydrogens (tertiary/aromatic N) is 3. The second-order valence-corrected chi connectivity index (χ2v) is 7.09. The van der Waals surface area contributed by atoms with Gasteiger partial charge in [-0.2, -0.15) is 5.10 Å². The maximum Gasteiger partial charge on any atom is 0.211 e. The topological polar surface area (TPSA) is 116 Å². The number of rotatable bonds is 3. The molecule has 0 bridgehead atoms. The predicted molar refractivity (Wildman–Crippen MR) is 117 cm³/mol. The third-order valence-corrected chi connectivity index (χ3v) is 5.15. The Morgan fingerprint density at radius 3 is 2.07 bits per heavy atom. The molecule has 0 atom stereocenters. The van der Waals surface area contributed by atoms with Gasteiger partial charge in [0, 0.05) is 22.4 Å². The number of hydrogen-bond acceptors (Lipinski definition) is 5. The van der Waals surface area contributed by atoms with Crippen molar-refractivity contribution in [3.8, 4) is 22.4 Å². The zero-order valence-corrected chi connectivity index (χ0v) is 16.4. The van der Waals surface area contributed by atoms with Gasteiger partial charge in [0.1, 0.15) is 5.01 Å². The number of nitrogens with two attached hydrogens (primary N) is 3. The van der Waals surface area contributed by atoms with Crippen molar-refractivity contribution in [2.45, 2.75) is 13.8 Å². The number of guanidine groups is 1. The first-order chi connectivity index (χ1) is 13.4. The molecular weight excluding hydrogens is 368 g/mol. The van der Waals surface area contributed by atoms with Crippen LogP contribution < -0.4 is 17.2 Å². The van der Waals surface area contributed by atoms with Gasteiger partial charge in [0.15, 0.2) is 0 Å². The number of hydrogen-bond donors (Lipinski definition) is 3. The standard InChI is InChI=1S/C21H20N6S/c1-13-19(14(2)26-27-21(23)24)28-20(25-13)17-9-5-15(6-10-17)3-4-16-7-11-18(22)12-8-16/h5-12H,22H2,1-2H3,(H4,23,24,27)/b26-14+.